The first-order valence-corrected chi connectivity index (χ1v) is 5.66. The fraction of sp³-hybridized carbons (Fsp3) is 0.0909. The molecular weight excluding hydrogens is 294 g/mol. The molecule has 2 aromatic carbocycles. The summed E-state index contributed by atoms with van der Waals surface area (Å²) in [4.78, 5) is 0. The quantitative estimate of drug-likeness (QED) is 0.547. The molecule has 0 saturated heterocycles. The second-order valence-electron chi connectivity index (χ2n) is 2.89. The molecule has 0 aliphatic carbocycles. The number of hydrogen-bond donors (Lipinski definition) is 0. The van der Waals surface area contributed by atoms with Crippen LogP contribution < -0.4 is 0 Å². The second kappa shape index (κ2) is 3.84. The molecule has 0 heterocycles. The van der Waals surface area contributed by atoms with Gasteiger partial charge in [-0.2, -0.15) is 0 Å². The summed E-state index contributed by atoms with van der Waals surface area (Å²) in [7, 11) is 0. The fourth-order valence-corrected chi connectivity index (χ4v) is 2.32. The maximum atomic E-state index is 5.86. The summed E-state index contributed by atoms with van der Waals surface area (Å²) in [6.07, 6.45) is 0. The number of rotatable bonds is 1. The standard InChI is InChI=1S/C11H8ClI/c12-7-8-5-6-11(13)10-4-2-1-3-9(8)10/h1-6H,7H2. The molecule has 0 fully saturated rings. The molecule has 0 aliphatic rings. The van der Waals surface area contributed by atoms with Gasteiger partial charge in [0.15, 0.2) is 0 Å². The predicted octanol–water partition coefficient (Wildman–Crippen LogP) is 4.18. The minimum atomic E-state index is 0.581. The van der Waals surface area contributed by atoms with Gasteiger partial charge in [0, 0.05) is 9.45 Å². The SMILES string of the molecule is ClCc1ccc(I)c2ccccc12. The van der Waals surface area contributed by atoms with Crippen molar-refractivity contribution in [3.8, 4) is 0 Å². The van der Waals surface area contributed by atoms with Gasteiger partial charge in [-0.05, 0) is 45.0 Å². The van der Waals surface area contributed by atoms with Crippen LogP contribution in [-0.4, -0.2) is 0 Å². The van der Waals surface area contributed by atoms with Gasteiger partial charge in [-0.15, -0.1) is 11.6 Å². The summed E-state index contributed by atoms with van der Waals surface area (Å²) in [6.45, 7) is 0. The van der Waals surface area contributed by atoms with Crippen molar-refractivity contribution in [3.05, 3.63) is 45.5 Å². The van der Waals surface area contributed by atoms with Crippen molar-refractivity contribution in [2.75, 3.05) is 0 Å². The Morgan fingerprint density at radius 3 is 2.38 bits per heavy atom. The Labute approximate surface area is 96.0 Å². The number of benzene rings is 2. The largest absolute Gasteiger partial charge is 0.122 e. The van der Waals surface area contributed by atoms with E-state index in [0.29, 0.717) is 5.88 Å². The van der Waals surface area contributed by atoms with Crippen LogP contribution in [0.3, 0.4) is 0 Å². The Hall–Kier alpha value is -0.280. The molecule has 0 radical (unpaired) electrons. The summed E-state index contributed by atoms with van der Waals surface area (Å²) in [5, 5.41) is 2.56. The van der Waals surface area contributed by atoms with E-state index in [1.165, 1.54) is 19.9 Å². The highest BCUT2D eigenvalue weighted by Crippen LogP contribution is 2.24. The van der Waals surface area contributed by atoms with E-state index in [2.05, 4.69) is 59.0 Å². The summed E-state index contributed by atoms with van der Waals surface area (Å²) < 4.78 is 1.28. The summed E-state index contributed by atoms with van der Waals surface area (Å²) in [5.41, 5.74) is 1.21. The lowest BCUT2D eigenvalue weighted by Crippen LogP contribution is -1.84. The van der Waals surface area contributed by atoms with Crippen LogP contribution >= 0.6 is 34.2 Å². The first-order chi connectivity index (χ1) is 6.33. The molecule has 2 aromatic rings. The number of halogens is 2. The van der Waals surface area contributed by atoms with E-state index in [4.69, 9.17) is 11.6 Å². The maximum Gasteiger partial charge on any atom is 0.0480 e. The average Bonchev–Trinajstić information content (AvgIpc) is 2.19. The summed E-state index contributed by atoms with van der Waals surface area (Å²) >= 11 is 8.20. The van der Waals surface area contributed by atoms with Crippen molar-refractivity contribution in [2.24, 2.45) is 0 Å². The molecule has 0 unspecified atom stereocenters. The van der Waals surface area contributed by atoms with E-state index in [0.717, 1.165) is 0 Å². The van der Waals surface area contributed by atoms with Crippen molar-refractivity contribution >= 4 is 45.0 Å². The van der Waals surface area contributed by atoms with Gasteiger partial charge in [0.2, 0.25) is 0 Å². The lowest BCUT2D eigenvalue weighted by molar-refractivity contribution is 1.44. The molecule has 0 spiro atoms. The molecule has 0 amide bonds. The van der Waals surface area contributed by atoms with Crippen LogP contribution in [0.1, 0.15) is 5.56 Å². The molecule has 13 heavy (non-hydrogen) atoms. The van der Waals surface area contributed by atoms with Crippen LogP contribution in [0.15, 0.2) is 36.4 Å². The highest BCUT2D eigenvalue weighted by atomic mass is 127. The van der Waals surface area contributed by atoms with Crippen molar-refractivity contribution in [1.29, 1.82) is 0 Å². The normalized spacial score (nSPS) is 10.6. The average molecular weight is 303 g/mol. The zero-order valence-corrected chi connectivity index (χ0v) is 9.84. The molecule has 0 saturated carbocycles. The third-order valence-corrected chi connectivity index (χ3v) is 3.33. The predicted molar refractivity (Wildman–Crippen MR) is 66.2 cm³/mol. The van der Waals surface area contributed by atoms with Crippen LogP contribution in [0.2, 0.25) is 0 Å². The van der Waals surface area contributed by atoms with Crippen molar-refractivity contribution in [1.82, 2.24) is 0 Å². The lowest BCUT2D eigenvalue weighted by atomic mass is 10.1. The van der Waals surface area contributed by atoms with Crippen molar-refractivity contribution in [3.63, 3.8) is 0 Å². The monoisotopic (exact) mass is 302 g/mol. The fourth-order valence-electron chi connectivity index (χ4n) is 1.44. The van der Waals surface area contributed by atoms with E-state index in [-0.39, 0.29) is 0 Å². The molecule has 0 aromatic heterocycles. The Bertz CT molecular complexity index is 437. The molecule has 0 atom stereocenters. The zero-order chi connectivity index (χ0) is 9.26. The Morgan fingerprint density at radius 1 is 1.00 bits per heavy atom. The molecule has 0 aliphatic heterocycles. The van der Waals surface area contributed by atoms with Crippen LogP contribution in [0.5, 0.6) is 0 Å². The number of hydrogen-bond acceptors (Lipinski definition) is 0. The molecule has 0 N–H and O–H groups in total. The molecule has 2 heteroatoms. The van der Waals surface area contributed by atoms with Gasteiger partial charge in [0.1, 0.15) is 0 Å². The Morgan fingerprint density at radius 2 is 1.69 bits per heavy atom. The van der Waals surface area contributed by atoms with Gasteiger partial charge in [-0.1, -0.05) is 30.3 Å². The van der Waals surface area contributed by atoms with E-state index < -0.39 is 0 Å². The minimum Gasteiger partial charge on any atom is -0.122 e. The van der Waals surface area contributed by atoms with Crippen molar-refractivity contribution in [2.45, 2.75) is 5.88 Å². The van der Waals surface area contributed by atoms with E-state index in [9.17, 15) is 0 Å². The zero-order valence-electron chi connectivity index (χ0n) is 6.93. The third kappa shape index (κ3) is 1.67. The van der Waals surface area contributed by atoms with Gasteiger partial charge < -0.3 is 0 Å². The summed E-state index contributed by atoms with van der Waals surface area (Å²) in [6, 6.07) is 12.6. The van der Waals surface area contributed by atoms with Crippen LogP contribution in [0.25, 0.3) is 10.8 Å². The Kier molecular flexibility index (Phi) is 2.74. The molecule has 2 rings (SSSR count). The van der Waals surface area contributed by atoms with Gasteiger partial charge in [-0.3, -0.25) is 0 Å². The van der Waals surface area contributed by atoms with Crippen LogP contribution in [0, 0.1) is 3.57 Å². The molecular formula is C11H8ClI. The first kappa shape index (κ1) is 9.28. The highest BCUT2D eigenvalue weighted by molar-refractivity contribution is 14.1. The van der Waals surface area contributed by atoms with Gasteiger partial charge in [0.05, 0.1) is 0 Å². The first-order valence-electron chi connectivity index (χ1n) is 4.05. The van der Waals surface area contributed by atoms with Crippen LogP contribution in [0.4, 0.5) is 0 Å². The second-order valence-corrected chi connectivity index (χ2v) is 4.32. The van der Waals surface area contributed by atoms with E-state index in [1.54, 1.807) is 0 Å². The van der Waals surface area contributed by atoms with Crippen molar-refractivity contribution < 1.29 is 0 Å². The lowest BCUT2D eigenvalue weighted by Gasteiger charge is -2.04. The minimum absolute atomic E-state index is 0.581. The summed E-state index contributed by atoms with van der Waals surface area (Å²) in [5.74, 6) is 0.581. The van der Waals surface area contributed by atoms with E-state index in [1.807, 2.05) is 0 Å². The topological polar surface area (TPSA) is 0 Å². The Balaban J connectivity index is 2.84. The number of fused-ring (bicyclic) bond motifs is 1. The number of alkyl halides is 1. The van der Waals surface area contributed by atoms with Crippen LogP contribution in [-0.2, 0) is 5.88 Å². The molecule has 66 valence electrons. The van der Waals surface area contributed by atoms with E-state index >= 15 is 0 Å². The van der Waals surface area contributed by atoms with Gasteiger partial charge in [0.25, 0.3) is 0 Å². The highest BCUT2D eigenvalue weighted by Gasteiger charge is 2.01. The molecule has 0 bridgehead atoms. The smallest absolute Gasteiger partial charge is 0.0480 e. The van der Waals surface area contributed by atoms with Gasteiger partial charge >= 0.3 is 0 Å². The molecule has 0 nitrogen and oxygen atoms in total. The van der Waals surface area contributed by atoms with Gasteiger partial charge in [-0.25, -0.2) is 0 Å². The third-order valence-electron chi connectivity index (χ3n) is 2.11. The maximum absolute atomic E-state index is 5.86.